The molecule has 0 unspecified atom stereocenters. The molecule has 0 bridgehead atoms. The van der Waals surface area contributed by atoms with Gasteiger partial charge in [0.2, 0.25) is 0 Å². The molecule has 0 heterocycles. The standard InChI is InChI=1S/C55H41N/c1-55(2)52-25-15-14-24-48(52)49-33-32-47(37-53(49)55)56(46-30-28-40(29-31-46)44-27-26-39-18-12-13-23-43(39)34-44)54-50(41-19-8-4-9-20-41)35-45(38-16-6-3-7-17-38)36-51(54)42-21-10-5-11-22-42/h3-37H,1-2H3. The van der Waals surface area contributed by atoms with Gasteiger partial charge in [0.1, 0.15) is 0 Å². The molecule has 0 saturated heterocycles. The van der Waals surface area contributed by atoms with Crippen LogP contribution in [0.4, 0.5) is 17.1 Å². The molecule has 56 heavy (non-hydrogen) atoms. The summed E-state index contributed by atoms with van der Waals surface area (Å²) in [5.41, 5.74) is 18.1. The highest BCUT2D eigenvalue weighted by atomic mass is 15.1. The fourth-order valence-electron chi connectivity index (χ4n) is 8.76. The highest BCUT2D eigenvalue weighted by Gasteiger charge is 2.36. The Bertz CT molecular complexity index is 2790. The molecule has 0 N–H and O–H groups in total. The van der Waals surface area contributed by atoms with Gasteiger partial charge in [0.15, 0.2) is 0 Å². The van der Waals surface area contributed by atoms with Crippen LogP contribution in [0, 0.1) is 0 Å². The zero-order chi connectivity index (χ0) is 37.6. The first-order valence-electron chi connectivity index (χ1n) is 19.5. The molecule has 0 aromatic heterocycles. The van der Waals surface area contributed by atoms with Gasteiger partial charge in [0.25, 0.3) is 0 Å². The van der Waals surface area contributed by atoms with Crippen molar-refractivity contribution in [3.05, 3.63) is 223 Å². The maximum Gasteiger partial charge on any atom is 0.0618 e. The molecule has 0 radical (unpaired) electrons. The average molecular weight is 716 g/mol. The van der Waals surface area contributed by atoms with Gasteiger partial charge in [-0.25, -0.2) is 0 Å². The van der Waals surface area contributed by atoms with Crippen LogP contribution >= 0.6 is 0 Å². The Balaban J connectivity index is 1.24. The predicted octanol–water partition coefficient (Wildman–Crippen LogP) is 15.3. The van der Waals surface area contributed by atoms with Crippen LogP contribution in [0.25, 0.3) is 66.4 Å². The molecule has 0 fully saturated rings. The van der Waals surface area contributed by atoms with E-state index in [1.807, 2.05) is 0 Å². The van der Waals surface area contributed by atoms with Crippen LogP contribution < -0.4 is 4.90 Å². The van der Waals surface area contributed by atoms with Crippen molar-refractivity contribution in [1.29, 1.82) is 0 Å². The van der Waals surface area contributed by atoms with Crippen molar-refractivity contribution in [3.8, 4) is 55.6 Å². The summed E-state index contributed by atoms with van der Waals surface area (Å²) in [4.78, 5) is 2.50. The van der Waals surface area contributed by atoms with Gasteiger partial charge in [-0.05, 0) is 109 Å². The topological polar surface area (TPSA) is 3.24 Å². The maximum atomic E-state index is 2.50. The summed E-state index contributed by atoms with van der Waals surface area (Å²) in [5.74, 6) is 0. The lowest BCUT2D eigenvalue weighted by atomic mass is 9.82. The molecule has 0 atom stereocenters. The minimum Gasteiger partial charge on any atom is -0.309 e. The normalized spacial score (nSPS) is 12.6. The first-order valence-corrected chi connectivity index (χ1v) is 19.5. The second-order valence-corrected chi connectivity index (χ2v) is 15.4. The lowest BCUT2D eigenvalue weighted by molar-refractivity contribution is 0.660. The van der Waals surface area contributed by atoms with Crippen LogP contribution in [-0.4, -0.2) is 0 Å². The van der Waals surface area contributed by atoms with Crippen LogP contribution in [0.1, 0.15) is 25.0 Å². The highest BCUT2D eigenvalue weighted by Crippen LogP contribution is 2.53. The number of hydrogen-bond donors (Lipinski definition) is 0. The molecule has 9 aromatic rings. The van der Waals surface area contributed by atoms with Gasteiger partial charge >= 0.3 is 0 Å². The molecule has 266 valence electrons. The van der Waals surface area contributed by atoms with Crippen LogP contribution in [0.5, 0.6) is 0 Å². The van der Waals surface area contributed by atoms with Gasteiger partial charge in [0.05, 0.1) is 5.69 Å². The summed E-state index contributed by atoms with van der Waals surface area (Å²) in [7, 11) is 0. The first kappa shape index (κ1) is 33.6. The zero-order valence-corrected chi connectivity index (χ0v) is 31.7. The first-order chi connectivity index (χ1) is 27.5. The van der Waals surface area contributed by atoms with Crippen LogP contribution in [0.15, 0.2) is 212 Å². The van der Waals surface area contributed by atoms with E-state index in [1.54, 1.807) is 0 Å². The molecule has 1 aliphatic carbocycles. The lowest BCUT2D eigenvalue weighted by Crippen LogP contribution is -2.17. The summed E-state index contributed by atoms with van der Waals surface area (Å²) in [5, 5.41) is 2.50. The minimum absolute atomic E-state index is 0.144. The Kier molecular flexibility index (Phi) is 8.23. The zero-order valence-electron chi connectivity index (χ0n) is 31.7. The van der Waals surface area contributed by atoms with E-state index in [4.69, 9.17) is 0 Å². The number of rotatable bonds is 7. The molecular formula is C55H41N. The van der Waals surface area contributed by atoms with E-state index in [0.717, 1.165) is 17.1 Å². The molecule has 1 aliphatic rings. The maximum absolute atomic E-state index is 2.50. The Morgan fingerprint density at radius 3 is 1.46 bits per heavy atom. The smallest absolute Gasteiger partial charge is 0.0618 e. The monoisotopic (exact) mass is 715 g/mol. The second-order valence-electron chi connectivity index (χ2n) is 15.4. The van der Waals surface area contributed by atoms with Crippen molar-refractivity contribution < 1.29 is 0 Å². The highest BCUT2D eigenvalue weighted by molar-refractivity contribution is 6.01. The van der Waals surface area contributed by atoms with Crippen molar-refractivity contribution in [2.75, 3.05) is 4.90 Å². The molecule has 0 aliphatic heterocycles. The quantitative estimate of drug-likeness (QED) is 0.159. The Hall–Kier alpha value is -6.96. The molecule has 9 aromatic carbocycles. The Morgan fingerprint density at radius 1 is 0.304 bits per heavy atom. The van der Waals surface area contributed by atoms with E-state index < -0.39 is 0 Å². The van der Waals surface area contributed by atoms with Crippen molar-refractivity contribution in [2.24, 2.45) is 0 Å². The van der Waals surface area contributed by atoms with Crippen molar-refractivity contribution in [2.45, 2.75) is 19.3 Å². The number of nitrogens with zero attached hydrogens (tertiary/aromatic N) is 1. The van der Waals surface area contributed by atoms with Crippen molar-refractivity contribution in [1.82, 2.24) is 0 Å². The van der Waals surface area contributed by atoms with E-state index in [0.29, 0.717) is 0 Å². The fraction of sp³-hybridized carbons (Fsp3) is 0.0545. The Labute approximate surface area is 329 Å². The van der Waals surface area contributed by atoms with E-state index in [9.17, 15) is 0 Å². The molecule has 0 saturated carbocycles. The largest absolute Gasteiger partial charge is 0.309 e. The molecule has 1 nitrogen and oxygen atoms in total. The van der Waals surface area contributed by atoms with Gasteiger partial charge in [-0.15, -0.1) is 0 Å². The molecule has 10 rings (SSSR count). The fourth-order valence-corrected chi connectivity index (χ4v) is 8.76. The molecular weight excluding hydrogens is 675 g/mol. The second kappa shape index (κ2) is 13.7. The van der Waals surface area contributed by atoms with Crippen LogP contribution in [0.2, 0.25) is 0 Å². The molecule has 0 spiro atoms. The number of fused-ring (bicyclic) bond motifs is 4. The van der Waals surface area contributed by atoms with Gasteiger partial charge in [0, 0.05) is 27.9 Å². The summed E-state index contributed by atoms with van der Waals surface area (Å²) >= 11 is 0. The van der Waals surface area contributed by atoms with Gasteiger partial charge < -0.3 is 4.90 Å². The Morgan fingerprint density at radius 2 is 0.804 bits per heavy atom. The average Bonchev–Trinajstić information content (AvgIpc) is 3.50. The predicted molar refractivity (Wildman–Crippen MR) is 238 cm³/mol. The third-order valence-electron chi connectivity index (χ3n) is 11.6. The van der Waals surface area contributed by atoms with Crippen molar-refractivity contribution >= 4 is 27.8 Å². The van der Waals surface area contributed by atoms with E-state index in [-0.39, 0.29) is 5.41 Å². The third-order valence-corrected chi connectivity index (χ3v) is 11.6. The third kappa shape index (κ3) is 5.81. The van der Waals surface area contributed by atoms with E-state index >= 15 is 0 Å². The van der Waals surface area contributed by atoms with E-state index in [1.165, 1.54) is 77.5 Å². The minimum atomic E-state index is -0.144. The van der Waals surface area contributed by atoms with Gasteiger partial charge in [-0.2, -0.15) is 0 Å². The SMILES string of the molecule is CC1(C)c2ccccc2-c2ccc(N(c3ccc(-c4ccc5ccccc5c4)cc3)c3c(-c4ccccc4)cc(-c4ccccc4)cc3-c3ccccc3)cc21. The summed E-state index contributed by atoms with van der Waals surface area (Å²) in [6, 6.07) is 77.8. The van der Waals surface area contributed by atoms with Crippen LogP contribution in [-0.2, 0) is 5.41 Å². The van der Waals surface area contributed by atoms with Gasteiger partial charge in [-0.1, -0.05) is 184 Å². The van der Waals surface area contributed by atoms with Crippen LogP contribution in [0.3, 0.4) is 0 Å². The van der Waals surface area contributed by atoms with Gasteiger partial charge in [-0.3, -0.25) is 0 Å². The summed E-state index contributed by atoms with van der Waals surface area (Å²) in [6.07, 6.45) is 0. The number of benzene rings is 9. The summed E-state index contributed by atoms with van der Waals surface area (Å²) in [6.45, 7) is 4.73. The summed E-state index contributed by atoms with van der Waals surface area (Å²) < 4.78 is 0. The molecule has 0 amide bonds. The van der Waals surface area contributed by atoms with Crippen molar-refractivity contribution in [3.63, 3.8) is 0 Å². The number of hydrogen-bond acceptors (Lipinski definition) is 1. The van der Waals surface area contributed by atoms with E-state index in [2.05, 4.69) is 231 Å². The number of anilines is 3. The lowest BCUT2D eigenvalue weighted by Gasteiger charge is -2.32. The molecule has 1 heteroatoms.